The van der Waals surface area contributed by atoms with Gasteiger partial charge in [0.25, 0.3) is 0 Å². The van der Waals surface area contributed by atoms with Crippen LogP contribution in [-0.2, 0) is 0 Å². The smallest absolute Gasteiger partial charge is 0.170 e. The molecule has 3 rings (SSSR count). The van der Waals surface area contributed by atoms with Crippen LogP contribution >= 0.6 is 0 Å². The summed E-state index contributed by atoms with van der Waals surface area (Å²) >= 11 is 0. The summed E-state index contributed by atoms with van der Waals surface area (Å²) < 4.78 is 27.2. The molecule has 4 nitrogen and oxygen atoms in total. The van der Waals surface area contributed by atoms with Gasteiger partial charge in [-0.15, -0.1) is 0 Å². The minimum atomic E-state index is -0.714. The molecular formula is C18H15F2N3O. The molecule has 0 bridgehead atoms. The molecule has 6 heteroatoms. The number of Topliss-reactive ketones (excluding diaryl/α,β-unsaturated/α-hetero) is 1. The second-order valence-electron chi connectivity index (χ2n) is 5.76. The summed E-state index contributed by atoms with van der Waals surface area (Å²) in [6.07, 6.45) is 2.91. The minimum absolute atomic E-state index is 0.219. The lowest BCUT2D eigenvalue weighted by Crippen LogP contribution is -2.39. The average Bonchev–Trinajstić information content (AvgIpc) is 2.63. The average molecular weight is 327 g/mol. The normalized spacial score (nSPS) is 17.4. The van der Waals surface area contributed by atoms with Gasteiger partial charge in [-0.05, 0) is 43.2 Å². The highest BCUT2D eigenvalue weighted by molar-refractivity contribution is 5.98. The second-order valence-corrected chi connectivity index (χ2v) is 5.76. The molecule has 1 atom stereocenters. The largest absolute Gasteiger partial charge is 0.355 e. The Labute approximate surface area is 138 Å². The van der Waals surface area contributed by atoms with E-state index in [0.717, 1.165) is 24.6 Å². The fourth-order valence-electron chi connectivity index (χ4n) is 3.03. The summed E-state index contributed by atoms with van der Waals surface area (Å²) in [6.45, 7) is 1.00. The lowest BCUT2D eigenvalue weighted by molar-refractivity contribution is 0.0902. The number of piperidine rings is 1. The molecule has 2 aromatic rings. The van der Waals surface area contributed by atoms with E-state index < -0.39 is 23.3 Å². The minimum Gasteiger partial charge on any atom is -0.355 e. The maximum absolute atomic E-state index is 13.9. The first-order valence-electron chi connectivity index (χ1n) is 7.69. The van der Waals surface area contributed by atoms with Crippen LogP contribution < -0.4 is 4.90 Å². The number of carbonyl (C=O) groups excluding carboxylic acids is 1. The number of carbonyl (C=O) groups is 1. The molecule has 0 spiro atoms. The van der Waals surface area contributed by atoms with E-state index in [9.17, 15) is 18.8 Å². The van der Waals surface area contributed by atoms with Crippen LogP contribution in [0.15, 0.2) is 36.5 Å². The summed E-state index contributed by atoms with van der Waals surface area (Å²) in [5.41, 5.74) is 0.214. The molecule has 1 saturated heterocycles. The van der Waals surface area contributed by atoms with Crippen molar-refractivity contribution in [1.82, 2.24) is 4.98 Å². The van der Waals surface area contributed by atoms with E-state index in [2.05, 4.69) is 11.1 Å². The zero-order chi connectivity index (χ0) is 17.1. The van der Waals surface area contributed by atoms with Gasteiger partial charge in [0, 0.05) is 25.2 Å². The molecule has 0 radical (unpaired) electrons. The molecule has 0 aliphatic carbocycles. The van der Waals surface area contributed by atoms with Crippen LogP contribution in [0.1, 0.15) is 28.8 Å². The van der Waals surface area contributed by atoms with Crippen molar-refractivity contribution < 1.29 is 13.6 Å². The quantitative estimate of drug-likeness (QED) is 0.812. The van der Waals surface area contributed by atoms with Crippen LogP contribution in [0.25, 0.3) is 0 Å². The van der Waals surface area contributed by atoms with Crippen molar-refractivity contribution in [2.45, 2.75) is 12.8 Å². The maximum atomic E-state index is 13.9. The molecule has 122 valence electrons. The number of anilines is 1. The van der Waals surface area contributed by atoms with E-state index in [1.165, 1.54) is 0 Å². The third-order valence-electron chi connectivity index (χ3n) is 4.19. The first-order valence-corrected chi connectivity index (χ1v) is 7.69. The highest BCUT2D eigenvalue weighted by atomic mass is 19.1. The van der Waals surface area contributed by atoms with E-state index in [0.29, 0.717) is 30.9 Å². The molecule has 0 unspecified atom stereocenters. The molecule has 1 aliphatic rings. The first kappa shape index (κ1) is 16.1. The van der Waals surface area contributed by atoms with Gasteiger partial charge in [-0.3, -0.25) is 4.79 Å². The van der Waals surface area contributed by atoms with Crippen LogP contribution in [0.4, 0.5) is 14.6 Å². The third kappa shape index (κ3) is 3.11. The van der Waals surface area contributed by atoms with Crippen LogP contribution in [-0.4, -0.2) is 23.9 Å². The van der Waals surface area contributed by atoms with Crippen LogP contribution in [0, 0.1) is 28.9 Å². The number of nitriles is 1. The highest BCUT2D eigenvalue weighted by Crippen LogP contribution is 2.27. The van der Waals surface area contributed by atoms with Crippen molar-refractivity contribution in [3.05, 3.63) is 59.3 Å². The van der Waals surface area contributed by atoms with Gasteiger partial charge in [0.05, 0.1) is 11.1 Å². The Balaban J connectivity index is 1.84. The van der Waals surface area contributed by atoms with Crippen LogP contribution in [0.5, 0.6) is 0 Å². The van der Waals surface area contributed by atoms with E-state index in [4.69, 9.17) is 0 Å². The van der Waals surface area contributed by atoms with Crippen molar-refractivity contribution in [2.75, 3.05) is 18.0 Å². The summed E-state index contributed by atoms with van der Waals surface area (Å²) in [6, 6.07) is 8.33. The zero-order valence-corrected chi connectivity index (χ0v) is 12.9. The van der Waals surface area contributed by atoms with Gasteiger partial charge in [-0.1, -0.05) is 0 Å². The lowest BCUT2D eigenvalue weighted by atomic mass is 9.89. The number of hydrogen-bond acceptors (Lipinski definition) is 4. The molecule has 1 aromatic carbocycles. The summed E-state index contributed by atoms with van der Waals surface area (Å²) in [5, 5.41) is 9.19. The molecule has 1 aromatic heterocycles. The Hall–Kier alpha value is -2.81. The number of rotatable bonds is 3. The number of nitrogens with zero attached hydrogens (tertiary/aromatic N) is 3. The first-order chi connectivity index (χ1) is 11.6. The van der Waals surface area contributed by atoms with Crippen molar-refractivity contribution in [2.24, 2.45) is 5.92 Å². The van der Waals surface area contributed by atoms with Gasteiger partial charge in [-0.2, -0.15) is 5.26 Å². The number of pyridine rings is 1. The highest BCUT2D eigenvalue weighted by Gasteiger charge is 2.29. The van der Waals surface area contributed by atoms with E-state index >= 15 is 0 Å². The number of aromatic nitrogens is 1. The van der Waals surface area contributed by atoms with Gasteiger partial charge in [0.15, 0.2) is 5.78 Å². The van der Waals surface area contributed by atoms with Crippen molar-refractivity contribution in [3.63, 3.8) is 0 Å². The SMILES string of the molecule is N#Cc1cccnc1N1CCC[C@@H](C(=O)c2cc(F)ccc2F)C1. The van der Waals surface area contributed by atoms with Crippen molar-refractivity contribution in [1.29, 1.82) is 5.26 Å². The van der Waals surface area contributed by atoms with Gasteiger partial charge in [0.2, 0.25) is 0 Å². The molecule has 0 N–H and O–H groups in total. The molecule has 0 amide bonds. The van der Waals surface area contributed by atoms with Gasteiger partial charge >= 0.3 is 0 Å². The molecule has 2 heterocycles. The second kappa shape index (κ2) is 6.75. The molecule has 1 aliphatic heterocycles. The standard InChI is InChI=1S/C18H15F2N3O/c19-14-5-6-16(20)15(9-14)17(24)13-4-2-8-23(11-13)18-12(10-21)3-1-7-22-18/h1,3,5-7,9,13H,2,4,8,11H2/t13-/m1/s1. The predicted molar refractivity (Wildman–Crippen MR) is 84.6 cm³/mol. The van der Waals surface area contributed by atoms with E-state index in [-0.39, 0.29) is 5.56 Å². The fourth-order valence-corrected chi connectivity index (χ4v) is 3.03. The Morgan fingerprint density at radius 3 is 2.96 bits per heavy atom. The molecule has 1 fully saturated rings. The maximum Gasteiger partial charge on any atom is 0.170 e. The van der Waals surface area contributed by atoms with Gasteiger partial charge in [-0.25, -0.2) is 13.8 Å². The Bertz CT molecular complexity index is 816. The summed E-state index contributed by atoms with van der Waals surface area (Å²) in [5.74, 6) is -1.69. The molecule has 0 saturated carbocycles. The number of benzene rings is 1. The monoisotopic (exact) mass is 327 g/mol. The van der Waals surface area contributed by atoms with Crippen molar-refractivity contribution >= 4 is 11.6 Å². The van der Waals surface area contributed by atoms with Crippen LogP contribution in [0.2, 0.25) is 0 Å². The topological polar surface area (TPSA) is 57.0 Å². The lowest BCUT2D eigenvalue weighted by Gasteiger charge is -2.33. The van der Waals surface area contributed by atoms with Crippen LogP contribution in [0.3, 0.4) is 0 Å². The summed E-state index contributed by atoms with van der Waals surface area (Å²) in [4.78, 5) is 18.7. The fraction of sp³-hybridized carbons (Fsp3) is 0.278. The Morgan fingerprint density at radius 1 is 1.33 bits per heavy atom. The molecular weight excluding hydrogens is 312 g/mol. The number of hydrogen-bond donors (Lipinski definition) is 0. The van der Waals surface area contributed by atoms with E-state index in [1.54, 1.807) is 18.3 Å². The van der Waals surface area contributed by atoms with Gasteiger partial charge < -0.3 is 4.90 Å². The predicted octanol–water partition coefficient (Wildman–Crippen LogP) is 3.33. The Kier molecular flexibility index (Phi) is 4.52. The molecule has 24 heavy (non-hydrogen) atoms. The number of halogens is 2. The third-order valence-corrected chi connectivity index (χ3v) is 4.19. The summed E-state index contributed by atoms with van der Waals surface area (Å²) in [7, 11) is 0. The Morgan fingerprint density at radius 2 is 2.17 bits per heavy atom. The number of ketones is 1. The van der Waals surface area contributed by atoms with Crippen molar-refractivity contribution in [3.8, 4) is 6.07 Å². The van der Waals surface area contributed by atoms with Gasteiger partial charge in [0.1, 0.15) is 23.5 Å². The zero-order valence-electron chi connectivity index (χ0n) is 12.9. The van der Waals surface area contributed by atoms with E-state index in [1.807, 2.05) is 4.90 Å².